The molecule has 1 aromatic carbocycles. The maximum Gasteiger partial charge on any atom is 0.244 e. The molecule has 1 saturated heterocycles. The van der Waals surface area contributed by atoms with Crippen molar-refractivity contribution in [3.8, 4) is 0 Å². The monoisotopic (exact) mass is 451 g/mol. The van der Waals surface area contributed by atoms with Gasteiger partial charge in [0.25, 0.3) is 0 Å². The highest BCUT2D eigenvalue weighted by atomic mass is 35.5. The lowest BCUT2D eigenvalue weighted by Gasteiger charge is -2.36. The van der Waals surface area contributed by atoms with Crippen LogP contribution in [0.2, 0.25) is 5.02 Å². The van der Waals surface area contributed by atoms with E-state index >= 15 is 0 Å². The van der Waals surface area contributed by atoms with Gasteiger partial charge in [-0.25, -0.2) is 8.42 Å². The highest BCUT2D eigenvalue weighted by Crippen LogP contribution is 2.26. The number of Topliss-reactive ketones (excluding diaryl/α,β-unsaturated/α-hetero) is 2. The highest BCUT2D eigenvalue weighted by molar-refractivity contribution is 7.89. The lowest BCUT2D eigenvalue weighted by atomic mass is 10.0. The molecule has 3 rings (SSSR count). The van der Waals surface area contributed by atoms with Crippen molar-refractivity contribution in [2.75, 3.05) is 26.2 Å². The van der Waals surface area contributed by atoms with Gasteiger partial charge in [0.2, 0.25) is 10.0 Å². The predicted octanol–water partition coefficient (Wildman–Crippen LogP) is 3.07. The molecule has 162 valence electrons. The van der Waals surface area contributed by atoms with Gasteiger partial charge in [0, 0.05) is 37.4 Å². The molecule has 2 heterocycles. The minimum absolute atomic E-state index is 0.0775. The number of sulfonamides is 1. The summed E-state index contributed by atoms with van der Waals surface area (Å²) < 4.78 is 27.2. The van der Waals surface area contributed by atoms with Crippen molar-refractivity contribution in [3.05, 3.63) is 51.8 Å². The van der Waals surface area contributed by atoms with Crippen LogP contribution >= 0.6 is 11.6 Å². The van der Waals surface area contributed by atoms with Gasteiger partial charge in [-0.1, -0.05) is 23.7 Å². The molecule has 9 heteroatoms. The van der Waals surface area contributed by atoms with E-state index in [0.29, 0.717) is 35.6 Å². The molecule has 0 amide bonds. The number of hydrogen-bond donors (Lipinski definition) is 1. The predicted molar refractivity (Wildman–Crippen MR) is 116 cm³/mol. The third kappa shape index (κ3) is 4.09. The third-order valence-electron chi connectivity index (χ3n) is 5.69. The van der Waals surface area contributed by atoms with Gasteiger partial charge in [-0.3, -0.25) is 14.5 Å². The van der Waals surface area contributed by atoms with E-state index in [1.165, 1.54) is 17.3 Å². The van der Waals surface area contributed by atoms with E-state index < -0.39 is 16.1 Å². The number of hydrogen-bond acceptors (Lipinski definition) is 5. The van der Waals surface area contributed by atoms with Crippen molar-refractivity contribution < 1.29 is 18.0 Å². The largest absolute Gasteiger partial charge is 0.355 e. The summed E-state index contributed by atoms with van der Waals surface area (Å²) in [6.07, 6.45) is 0. The molecule has 1 fully saturated rings. The van der Waals surface area contributed by atoms with Crippen molar-refractivity contribution in [1.29, 1.82) is 0 Å². The molecule has 1 aromatic heterocycles. The number of carbonyl (C=O) groups is 2. The fourth-order valence-electron chi connectivity index (χ4n) is 4.02. The van der Waals surface area contributed by atoms with Crippen LogP contribution in [0.5, 0.6) is 0 Å². The zero-order chi connectivity index (χ0) is 22.2. The minimum Gasteiger partial charge on any atom is -0.355 e. The molecular weight excluding hydrogens is 426 g/mol. The summed E-state index contributed by atoms with van der Waals surface area (Å²) in [4.78, 5) is 30.0. The number of benzene rings is 1. The second-order valence-electron chi connectivity index (χ2n) is 7.59. The van der Waals surface area contributed by atoms with Gasteiger partial charge in [-0.05, 0) is 45.4 Å². The number of ketones is 2. The fraction of sp³-hybridized carbons (Fsp3) is 0.429. The molecular formula is C21H26ClN3O4S. The van der Waals surface area contributed by atoms with Crippen LogP contribution in [0.3, 0.4) is 0 Å². The molecule has 7 nitrogen and oxygen atoms in total. The lowest BCUT2D eigenvalue weighted by Crippen LogP contribution is -2.53. The van der Waals surface area contributed by atoms with Crippen molar-refractivity contribution >= 4 is 33.2 Å². The molecule has 0 radical (unpaired) electrons. The van der Waals surface area contributed by atoms with Crippen LogP contribution in [-0.2, 0) is 10.0 Å². The third-order valence-corrected chi connectivity index (χ3v) is 8.09. The normalized spacial score (nSPS) is 17.1. The van der Waals surface area contributed by atoms with E-state index in [1.807, 2.05) is 11.8 Å². The number of rotatable bonds is 6. The SMILES string of the molecule is CC(=O)c1c(C)[nH]c(C(=O)C(C)N2CCN(S(=O)(=O)c3ccccc3Cl)CC2)c1C. The molecule has 1 aliphatic rings. The Balaban J connectivity index is 1.72. The number of carbonyl (C=O) groups excluding carboxylic acids is 2. The Morgan fingerprint density at radius 1 is 1.10 bits per heavy atom. The van der Waals surface area contributed by atoms with Gasteiger partial charge < -0.3 is 4.98 Å². The van der Waals surface area contributed by atoms with Crippen LogP contribution in [0.25, 0.3) is 0 Å². The van der Waals surface area contributed by atoms with Gasteiger partial charge in [0.15, 0.2) is 11.6 Å². The first-order valence-electron chi connectivity index (χ1n) is 9.78. The zero-order valence-electron chi connectivity index (χ0n) is 17.5. The molecule has 2 aromatic rings. The van der Waals surface area contributed by atoms with Gasteiger partial charge >= 0.3 is 0 Å². The van der Waals surface area contributed by atoms with Gasteiger partial charge in [-0.2, -0.15) is 4.31 Å². The number of aromatic amines is 1. The van der Waals surface area contributed by atoms with Crippen LogP contribution in [0.1, 0.15) is 46.0 Å². The molecule has 0 bridgehead atoms. The molecule has 0 aliphatic carbocycles. The zero-order valence-corrected chi connectivity index (χ0v) is 19.1. The van der Waals surface area contributed by atoms with E-state index in [2.05, 4.69) is 4.98 Å². The maximum atomic E-state index is 13.1. The van der Waals surface area contributed by atoms with E-state index in [-0.39, 0.29) is 34.6 Å². The van der Waals surface area contributed by atoms with Crippen molar-refractivity contribution in [2.45, 2.75) is 38.6 Å². The summed E-state index contributed by atoms with van der Waals surface area (Å²) in [5.41, 5.74) is 2.35. The molecule has 1 N–H and O–H groups in total. The van der Waals surface area contributed by atoms with E-state index in [1.54, 1.807) is 32.0 Å². The van der Waals surface area contributed by atoms with Gasteiger partial charge in [-0.15, -0.1) is 0 Å². The first-order valence-corrected chi connectivity index (χ1v) is 11.6. The summed E-state index contributed by atoms with van der Waals surface area (Å²) in [6, 6.07) is 5.95. The van der Waals surface area contributed by atoms with Crippen LogP contribution in [0, 0.1) is 13.8 Å². The number of nitrogens with zero attached hydrogens (tertiary/aromatic N) is 2. The standard InChI is InChI=1S/C21H26ClN3O4S/c1-13-19(16(4)26)14(2)23-20(13)21(27)15(3)24-9-11-25(12-10-24)30(28,29)18-8-6-5-7-17(18)22/h5-8,15,23H,9-12H2,1-4H3. The number of nitrogens with one attached hydrogen (secondary N) is 1. The Kier molecular flexibility index (Phi) is 6.52. The molecule has 0 saturated carbocycles. The molecule has 1 aliphatic heterocycles. The topological polar surface area (TPSA) is 90.6 Å². The Morgan fingerprint density at radius 3 is 2.23 bits per heavy atom. The Hall–Kier alpha value is -2.00. The second-order valence-corrected chi connectivity index (χ2v) is 9.91. The fourth-order valence-corrected chi connectivity index (χ4v) is 5.94. The second kappa shape index (κ2) is 8.63. The Morgan fingerprint density at radius 2 is 1.70 bits per heavy atom. The Labute approximate surface area is 182 Å². The number of halogens is 1. The van der Waals surface area contributed by atoms with Gasteiger partial charge in [0.05, 0.1) is 16.8 Å². The first-order chi connectivity index (χ1) is 14.1. The Bertz CT molecular complexity index is 1090. The van der Waals surface area contributed by atoms with Crippen molar-refractivity contribution in [3.63, 3.8) is 0 Å². The average molecular weight is 452 g/mol. The van der Waals surface area contributed by atoms with Crippen LogP contribution in [-0.4, -0.2) is 66.4 Å². The summed E-state index contributed by atoms with van der Waals surface area (Å²) in [7, 11) is -3.69. The molecule has 30 heavy (non-hydrogen) atoms. The summed E-state index contributed by atoms with van der Waals surface area (Å²) in [5, 5.41) is 0.197. The quantitative estimate of drug-likeness (QED) is 0.681. The first kappa shape index (κ1) is 22.7. The van der Waals surface area contributed by atoms with E-state index in [0.717, 1.165) is 0 Å². The highest BCUT2D eigenvalue weighted by Gasteiger charge is 2.34. The number of aromatic nitrogens is 1. The van der Waals surface area contributed by atoms with Crippen molar-refractivity contribution in [1.82, 2.24) is 14.2 Å². The minimum atomic E-state index is -3.69. The molecule has 1 unspecified atom stereocenters. The smallest absolute Gasteiger partial charge is 0.244 e. The number of aryl methyl sites for hydroxylation is 1. The number of H-pyrrole nitrogens is 1. The molecule has 1 atom stereocenters. The van der Waals surface area contributed by atoms with Crippen molar-refractivity contribution in [2.24, 2.45) is 0 Å². The average Bonchev–Trinajstić information content (AvgIpc) is 3.01. The van der Waals surface area contributed by atoms with E-state index in [4.69, 9.17) is 11.6 Å². The van der Waals surface area contributed by atoms with Crippen LogP contribution in [0.4, 0.5) is 0 Å². The molecule has 0 spiro atoms. The van der Waals surface area contributed by atoms with Crippen LogP contribution < -0.4 is 0 Å². The maximum absolute atomic E-state index is 13.1. The van der Waals surface area contributed by atoms with Gasteiger partial charge in [0.1, 0.15) is 4.90 Å². The van der Waals surface area contributed by atoms with Crippen LogP contribution in [0.15, 0.2) is 29.2 Å². The number of piperazine rings is 1. The lowest BCUT2D eigenvalue weighted by molar-refractivity contribution is 0.0777. The summed E-state index contributed by atoms with van der Waals surface area (Å²) in [5.74, 6) is -0.183. The van der Waals surface area contributed by atoms with E-state index in [9.17, 15) is 18.0 Å². The summed E-state index contributed by atoms with van der Waals surface area (Å²) >= 11 is 6.08. The summed E-state index contributed by atoms with van der Waals surface area (Å²) in [6.45, 7) is 8.24.